The molecular weight excluding hydrogens is 436 g/mol. The molecule has 1 aromatic heterocycles. The monoisotopic (exact) mass is 462 g/mol. The number of nitrogens with zero attached hydrogens (tertiary/aromatic N) is 1. The first-order valence-corrected chi connectivity index (χ1v) is 11.0. The van der Waals surface area contributed by atoms with E-state index in [2.05, 4.69) is 32.7 Å². The highest BCUT2D eigenvalue weighted by Crippen LogP contribution is 2.44. The SMILES string of the molecule is C[C@@H](CC(=O)N[C@H](Cc1cnc[nH]1)C(=O)O)NC(=O)OCC1c2ccccc2-c2ccccc21. The van der Waals surface area contributed by atoms with Crippen LogP contribution in [0.25, 0.3) is 11.1 Å². The van der Waals surface area contributed by atoms with Gasteiger partial charge in [-0.05, 0) is 29.2 Å². The Bertz CT molecular complexity index is 1130. The number of aliphatic carboxylic acids is 1. The minimum atomic E-state index is -1.15. The Morgan fingerprint density at radius 2 is 1.71 bits per heavy atom. The van der Waals surface area contributed by atoms with Gasteiger partial charge in [0.05, 0.1) is 6.33 Å². The predicted octanol–water partition coefficient (Wildman–Crippen LogP) is 2.84. The number of hydrogen-bond donors (Lipinski definition) is 4. The molecule has 4 rings (SSSR count). The molecule has 1 heterocycles. The first-order valence-electron chi connectivity index (χ1n) is 11.0. The maximum Gasteiger partial charge on any atom is 0.407 e. The minimum Gasteiger partial charge on any atom is -0.480 e. The topological polar surface area (TPSA) is 133 Å². The van der Waals surface area contributed by atoms with Gasteiger partial charge in [-0.1, -0.05) is 48.5 Å². The second kappa shape index (κ2) is 10.2. The summed E-state index contributed by atoms with van der Waals surface area (Å²) in [7, 11) is 0. The number of imidazole rings is 1. The van der Waals surface area contributed by atoms with Crippen molar-refractivity contribution < 1.29 is 24.2 Å². The fourth-order valence-corrected chi connectivity index (χ4v) is 4.24. The molecule has 4 N–H and O–H groups in total. The third-order valence-corrected chi connectivity index (χ3v) is 5.81. The van der Waals surface area contributed by atoms with Crippen molar-refractivity contribution in [3.63, 3.8) is 0 Å². The molecule has 0 bridgehead atoms. The highest BCUT2D eigenvalue weighted by atomic mass is 16.5. The third-order valence-electron chi connectivity index (χ3n) is 5.81. The number of carbonyl (C=O) groups is 3. The number of hydrogen-bond acceptors (Lipinski definition) is 5. The van der Waals surface area contributed by atoms with Crippen LogP contribution in [0, 0.1) is 0 Å². The number of carboxylic acid groups (broad SMARTS) is 1. The van der Waals surface area contributed by atoms with Gasteiger partial charge >= 0.3 is 12.1 Å². The Morgan fingerprint density at radius 1 is 1.06 bits per heavy atom. The van der Waals surface area contributed by atoms with E-state index in [0.29, 0.717) is 5.69 Å². The quantitative estimate of drug-likeness (QED) is 0.386. The molecular formula is C25H26N4O5. The second-order valence-electron chi connectivity index (χ2n) is 8.31. The molecule has 9 nitrogen and oxygen atoms in total. The fourth-order valence-electron chi connectivity index (χ4n) is 4.24. The second-order valence-corrected chi connectivity index (χ2v) is 8.31. The molecule has 0 aliphatic heterocycles. The first-order chi connectivity index (χ1) is 16.4. The molecule has 0 spiro atoms. The molecule has 176 valence electrons. The summed E-state index contributed by atoms with van der Waals surface area (Å²) in [5.41, 5.74) is 5.10. The zero-order chi connectivity index (χ0) is 24.1. The van der Waals surface area contributed by atoms with E-state index in [1.54, 1.807) is 6.92 Å². The Morgan fingerprint density at radius 3 is 2.29 bits per heavy atom. The molecule has 0 saturated carbocycles. The molecule has 1 aliphatic rings. The fraction of sp³-hybridized carbons (Fsp3) is 0.280. The van der Waals surface area contributed by atoms with Gasteiger partial charge in [0.1, 0.15) is 12.6 Å². The summed E-state index contributed by atoms with van der Waals surface area (Å²) in [6, 6.07) is 14.5. The van der Waals surface area contributed by atoms with Crippen molar-refractivity contribution in [3.8, 4) is 11.1 Å². The first kappa shape index (κ1) is 23.0. The van der Waals surface area contributed by atoms with E-state index in [1.165, 1.54) is 12.5 Å². The molecule has 0 fully saturated rings. The molecule has 0 radical (unpaired) electrons. The normalized spacial score (nSPS) is 13.9. The Balaban J connectivity index is 1.28. The van der Waals surface area contributed by atoms with Crippen LogP contribution in [0.3, 0.4) is 0 Å². The third kappa shape index (κ3) is 5.25. The lowest BCUT2D eigenvalue weighted by molar-refractivity contribution is -0.141. The number of ether oxygens (including phenoxy) is 1. The number of fused-ring (bicyclic) bond motifs is 3. The van der Waals surface area contributed by atoms with Crippen LogP contribution in [-0.4, -0.2) is 51.7 Å². The number of carboxylic acids is 1. The van der Waals surface area contributed by atoms with Crippen LogP contribution in [0.4, 0.5) is 4.79 Å². The number of rotatable bonds is 9. The van der Waals surface area contributed by atoms with Gasteiger partial charge in [0.2, 0.25) is 5.91 Å². The van der Waals surface area contributed by atoms with Crippen LogP contribution in [0.1, 0.15) is 36.1 Å². The van der Waals surface area contributed by atoms with Gasteiger partial charge in [0, 0.05) is 36.7 Å². The molecule has 2 amide bonds. The van der Waals surface area contributed by atoms with Gasteiger partial charge in [-0.2, -0.15) is 0 Å². The lowest BCUT2D eigenvalue weighted by Gasteiger charge is -2.18. The van der Waals surface area contributed by atoms with Crippen molar-refractivity contribution in [2.24, 2.45) is 0 Å². The van der Waals surface area contributed by atoms with E-state index in [0.717, 1.165) is 22.3 Å². The number of aromatic nitrogens is 2. The maximum atomic E-state index is 12.4. The number of amides is 2. The average Bonchev–Trinajstić information content (AvgIpc) is 3.43. The summed E-state index contributed by atoms with van der Waals surface area (Å²) < 4.78 is 5.49. The van der Waals surface area contributed by atoms with E-state index in [9.17, 15) is 19.5 Å². The van der Waals surface area contributed by atoms with Crippen LogP contribution in [0.15, 0.2) is 61.1 Å². The zero-order valence-corrected chi connectivity index (χ0v) is 18.7. The average molecular weight is 463 g/mol. The van der Waals surface area contributed by atoms with E-state index in [1.807, 2.05) is 36.4 Å². The van der Waals surface area contributed by atoms with E-state index < -0.39 is 30.1 Å². The summed E-state index contributed by atoms with van der Waals surface area (Å²) in [6.45, 7) is 1.83. The van der Waals surface area contributed by atoms with Crippen LogP contribution < -0.4 is 10.6 Å². The summed E-state index contributed by atoms with van der Waals surface area (Å²) in [4.78, 5) is 42.8. The molecule has 0 saturated heterocycles. The van der Waals surface area contributed by atoms with Gasteiger partial charge in [-0.3, -0.25) is 4.79 Å². The number of aromatic amines is 1. The number of carbonyl (C=O) groups excluding carboxylic acids is 2. The highest BCUT2D eigenvalue weighted by Gasteiger charge is 2.29. The van der Waals surface area contributed by atoms with Crippen molar-refractivity contribution in [2.75, 3.05) is 6.61 Å². The van der Waals surface area contributed by atoms with Gasteiger partial charge in [0.15, 0.2) is 0 Å². The number of H-pyrrole nitrogens is 1. The predicted molar refractivity (Wildman–Crippen MR) is 124 cm³/mol. The van der Waals surface area contributed by atoms with E-state index >= 15 is 0 Å². The van der Waals surface area contributed by atoms with Crippen LogP contribution in [0.2, 0.25) is 0 Å². The molecule has 2 atom stereocenters. The van der Waals surface area contributed by atoms with Crippen LogP contribution >= 0.6 is 0 Å². The Labute approximate surface area is 196 Å². The standard InChI is InChI=1S/C25H26N4O5/c1-15(10-23(30)29-22(24(31)32)11-16-12-26-14-27-16)28-25(33)34-13-21-19-8-4-2-6-17(19)18-7-3-5-9-20(18)21/h2-9,12,14-15,21-22H,10-11,13H2,1H3,(H,26,27)(H,28,33)(H,29,30)(H,31,32)/t15-,22+/m0/s1. The molecule has 1 aliphatic carbocycles. The van der Waals surface area contributed by atoms with Gasteiger partial charge in [0.25, 0.3) is 0 Å². The zero-order valence-electron chi connectivity index (χ0n) is 18.7. The largest absolute Gasteiger partial charge is 0.480 e. The summed E-state index contributed by atoms with van der Waals surface area (Å²) in [5.74, 6) is -1.70. The van der Waals surface area contributed by atoms with Crippen LogP contribution in [-0.2, 0) is 20.7 Å². The number of alkyl carbamates (subject to hydrolysis) is 1. The van der Waals surface area contributed by atoms with Crippen molar-refractivity contribution in [1.82, 2.24) is 20.6 Å². The Kier molecular flexibility index (Phi) is 6.91. The van der Waals surface area contributed by atoms with Crippen LogP contribution in [0.5, 0.6) is 0 Å². The molecule has 9 heteroatoms. The minimum absolute atomic E-state index is 0.0597. The van der Waals surface area contributed by atoms with Crippen molar-refractivity contribution in [3.05, 3.63) is 77.9 Å². The van der Waals surface area contributed by atoms with Gasteiger partial charge in [-0.25, -0.2) is 14.6 Å². The van der Waals surface area contributed by atoms with Crippen molar-refractivity contribution in [2.45, 2.75) is 37.8 Å². The van der Waals surface area contributed by atoms with Crippen molar-refractivity contribution in [1.29, 1.82) is 0 Å². The molecule has 2 aromatic carbocycles. The van der Waals surface area contributed by atoms with E-state index in [-0.39, 0.29) is 25.4 Å². The molecule has 34 heavy (non-hydrogen) atoms. The lowest BCUT2D eigenvalue weighted by Crippen LogP contribution is -2.45. The van der Waals surface area contributed by atoms with Crippen molar-refractivity contribution >= 4 is 18.0 Å². The highest BCUT2D eigenvalue weighted by molar-refractivity contribution is 5.84. The summed E-state index contributed by atoms with van der Waals surface area (Å²) >= 11 is 0. The number of benzene rings is 2. The van der Waals surface area contributed by atoms with Gasteiger partial charge < -0.3 is 25.5 Å². The number of nitrogens with one attached hydrogen (secondary N) is 3. The molecule has 0 unspecified atom stereocenters. The summed E-state index contributed by atoms with van der Waals surface area (Å²) in [6.07, 6.45) is 2.31. The molecule has 3 aromatic rings. The lowest BCUT2D eigenvalue weighted by atomic mass is 9.98. The Hall–Kier alpha value is -4.14. The smallest absolute Gasteiger partial charge is 0.407 e. The summed E-state index contributed by atoms with van der Waals surface area (Å²) in [5, 5.41) is 14.5. The van der Waals surface area contributed by atoms with E-state index in [4.69, 9.17) is 4.74 Å². The van der Waals surface area contributed by atoms with Gasteiger partial charge in [-0.15, -0.1) is 0 Å². The maximum absolute atomic E-state index is 12.4.